The molecule has 1 N–H and O–H groups in total. The van der Waals surface area contributed by atoms with E-state index < -0.39 is 29.5 Å². The first kappa shape index (κ1) is 19.3. The number of nitrogens with one attached hydrogen (secondary N) is 1. The molecule has 0 radical (unpaired) electrons. The Bertz CT molecular complexity index is 559. The number of ether oxygens (including phenoxy) is 2. The van der Waals surface area contributed by atoms with Crippen LogP contribution in [0.15, 0.2) is 12.3 Å². The highest BCUT2D eigenvalue weighted by atomic mass is 35.5. The van der Waals surface area contributed by atoms with E-state index in [4.69, 9.17) is 21.1 Å². The van der Waals surface area contributed by atoms with Gasteiger partial charge in [-0.2, -0.15) is 13.2 Å². The summed E-state index contributed by atoms with van der Waals surface area (Å²) in [5.41, 5.74) is -1.60. The minimum Gasteiger partial charge on any atom is -0.474 e. The number of aromatic nitrogens is 1. The molecular weight excluding hydrogens is 337 g/mol. The van der Waals surface area contributed by atoms with Crippen molar-refractivity contribution in [3.63, 3.8) is 0 Å². The lowest BCUT2D eigenvalue weighted by atomic mass is 10.2. The molecule has 1 aromatic heterocycles. The number of halogens is 4. The van der Waals surface area contributed by atoms with Gasteiger partial charge in [0.1, 0.15) is 17.2 Å². The topological polar surface area (TPSA) is 60.5 Å². The summed E-state index contributed by atoms with van der Waals surface area (Å²) >= 11 is 5.71. The van der Waals surface area contributed by atoms with Gasteiger partial charge in [0.2, 0.25) is 5.88 Å². The first-order valence-corrected chi connectivity index (χ1v) is 7.11. The number of carbonyl (C=O) groups excluding carboxylic acids is 1. The molecule has 0 bridgehead atoms. The molecule has 1 heterocycles. The minimum atomic E-state index is -4.53. The zero-order chi connectivity index (χ0) is 17.8. The van der Waals surface area contributed by atoms with Crippen molar-refractivity contribution in [2.45, 2.75) is 45.5 Å². The predicted molar refractivity (Wildman–Crippen MR) is 78.6 cm³/mol. The van der Waals surface area contributed by atoms with Gasteiger partial charge in [-0.1, -0.05) is 11.6 Å². The van der Waals surface area contributed by atoms with Crippen molar-refractivity contribution >= 4 is 17.7 Å². The second kappa shape index (κ2) is 7.25. The normalized spacial score (nSPS) is 13.4. The number of amides is 1. The van der Waals surface area contributed by atoms with Crippen LogP contribution in [-0.4, -0.2) is 29.3 Å². The third-order valence-corrected chi connectivity index (χ3v) is 2.64. The van der Waals surface area contributed by atoms with Crippen molar-refractivity contribution in [2.24, 2.45) is 0 Å². The van der Waals surface area contributed by atoms with E-state index in [0.717, 1.165) is 6.07 Å². The van der Waals surface area contributed by atoms with Crippen LogP contribution in [0.5, 0.6) is 5.88 Å². The molecule has 5 nitrogen and oxygen atoms in total. The second-order valence-electron chi connectivity index (χ2n) is 5.87. The van der Waals surface area contributed by atoms with E-state index in [9.17, 15) is 18.0 Å². The average molecular weight is 355 g/mol. The standard InChI is InChI=1S/C14H18ClF3N2O3/c1-8(20-12(21)23-13(2,3)4)7-22-11-10(15)5-9(6-19-11)14(16,17)18/h5-6,8H,7H2,1-4H3,(H,20,21)/t8-/m1/s1. The molecule has 0 aliphatic heterocycles. The van der Waals surface area contributed by atoms with Crippen LogP contribution < -0.4 is 10.1 Å². The van der Waals surface area contributed by atoms with E-state index >= 15 is 0 Å². The molecule has 130 valence electrons. The van der Waals surface area contributed by atoms with Gasteiger partial charge in [-0.25, -0.2) is 9.78 Å². The van der Waals surface area contributed by atoms with Gasteiger partial charge < -0.3 is 14.8 Å². The largest absolute Gasteiger partial charge is 0.474 e. The number of alkyl halides is 3. The molecule has 1 atom stereocenters. The molecule has 9 heteroatoms. The average Bonchev–Trinajstić information content (AvgIpc) is 2.33. The summed E-state index contributed by atoms with van der Waals surface area (Å²) in [6, 6.07) is 0.278. The molecule has 1 aromatic rings. The molecule has 0 unspecified atom stereocenters. The maximum atomic E-state index is 12.5. The lowest BCUT2D eigenvalue weighted by molar-refractivity contribution is -0.137. The smallest absolute Gasteiger partial charge is 0.417 e. The molecule has 0 saturated carbocycles. The number of hydrogen-bond acceptors (Lipinski definition) is 4. The van der Waals surface area contributed by atoms with Gasteiger partial charge in [-0.15, -0.1) is 0 Å². The third kappa shape index (κ3) is 6.94. The summed E-state index contributed by atoms with van der Waals surface area (Å²) in [6.45, 7) is 6.78. The molecule has 0 saturated heterocycles. The molecule has 1 amide bonds. The van der Waals surface area contributed by atoms with E-state index in [-0.39, 0.29) is 17.5 Å². The van der Waals surface area contributed by atoms with Crippen LogP contribution in [0.1, 0.15) is 33.3 Å². The van der Waals surface area contributed by atoms with Crippen molar-refractivity contribution in [3.8, 4) is 5.88 Å². The fourth-order valence-corrected chi connectivity index (χ4v) is 1.66. The van der Waals surface area contributed by atoms with Gasteiger partial charge in [-0.3, -0.25) is 0 Å². The van der Waals surface area contributed by atoms with Crippen LogP contribution in [-0.2, 0) is 10.9 Å². The SMILES string of the molecule is C[C@H](COc1ncc(C(F)(F)F)cc1Cl)NC(=O)OC(C)(C)C. The lowest BCUT2D eigenvalue weighted by Crippen LogP contribution is -2.40. The van der Waals surface area contributed by atoms with Gasteiger partial charge >= 0.3 is 12.3 Å². The highest BCUT2D eigenvalue weighted by molar-refractivity contribution is 6.31. The molecule has 0 aliphatic rings. The minimum absolute atomic E-state index is 0.0304. The number of nitrogens with zero attached hydrogens (tertiary/aromatic N) is 1. The number of hydrogen-bond donors (Lipinski definition) is 1. The zero-order valence-electron chi connectivity index (χ0n) is 13.1. The Hall–Kier alpha value is -1.70. The number of carbonyl (C=O) groups is 1. The van der Waals surface area contributed by atoms with Gasteiger partial charge in [0.15, 0.2) is 0 Å². The molecular formula is C14H18ClF3N2O3. The molecule has 23 heavy (non-hydrogen) atoms. The first-order valence-electron chi connectivity index (χ1n) is 6.73. The van der Waals surface area contributed by atoms with E-state index in [1.165, 1.54) is 0 Å². The van der Waals surface area contributed by atoms with Crippen LogP contribution >= 0.6 is 11.6 Å². The van der Waals surface area contributed by atoms with Gasteiger partial charge in [-0.05, 0) is 33.8 Å². The summed E-state index contributed by atoms with van der Waals surface area (Å²) in [5.74, 6) is -0.141. The predicted octanol–water partition coefficient (Wildman–Crippen LogP) is 4.05. The monoisotopic (exact) mass is 354 g/mol. The van der Waals surface area contributed by atoms with Crippen LogP contribution in [0, 0.1) is 0 Å². The Morgan fingerprint density at radius 3 is 2.48 bits per heavy atom. The summed E-state index contributed by atoms with van der Waals surface area (Å²) in [7, 11) is 0. The molecule has 0 aliphatic carbocycles. The van der Waals surface area contributed by atoms with Crippen molar-refractivity contribution in [1.82, 2.24) is 10.3 Å². The summed E-state index contributed by atoms with van der Waals surface area (Å²) in [4.78, 5) is 15.1. The second-order valence-corrected chi connectivity index (χ2v) is 6.27. The quantitative estimate of drug-likeness (QED) is 0.886. The Morgan fingerprint density at radius 1 is 1.39 bits per heavy atom. The van der Waals surface area contributed by atoms with Crippen LogP contribution in [0.25, 0.3) is 0 Å². The molecule has 0 fully saturated rings. The Kier molecular flexibility index (Phi) is 6.10. The van der Waals surface area contributed by atoms with E-state index in [0.29, 0.717) is 6.20 Å². The maximum absolute atomic E-state index is 12.5. The van der Waals surface area contributed by atoms with Gasteiger partial charge in [0.05, 0.1) is 11.6 Å². The molecule has 0 aromatic carbocycles. The summed E-state index contributed by atoms with van der Waals surface area (Å²) < 4.78 is 47.8. The highest BCUT2D eigenvalue weighted by Gasteiger charge is 2.31. The maximum Gasteiger partial charge on any atom is 0.417 e. The Labute approximate surface area is 137 Å². The van der Waals surface area contributed by atoms with E-state index in [2.05, 4.69) is 10.3 Å². The van der Waals surface area contributed by atoms with Crippen LogP contribution in [0.3, 0.4) is 0 Å². The van der Waals surface area contributed by atoms with E-state index in [1.807, 2.05) is 0 Å². The fraction of sp³-hybridized carbons (Fsp3) is 0.571. The Balaban J connectivity index is 2.56. The summed E-state index contributed by atoms with van der Waals surface area (Å²) in [6.07, 6.45) is -4.52. The highest BCUT2D eigenvalue weighted by Crippen LogP contribution is 2.33. The first-order chi connectivity index (χ1) is 10.4. The fourth-order valence-electron chi connectivity index (χ4n) is 1.44. The van der Waals surface area contributed by atoms with Crippen molar-refractivity contribution < 1.29 is 27.4 Å². The zero-order valence-corrected chi connectivity index (χ0v) is 13.9. The number of pyridine rings is 1. The van der Waals surface area contributed by atoms with Crippen molar-refractivity contribution in [1.29, 1.82) is 0 Å². The molecule has 0 spiro atoms. The van der Waals surface area contributed by atoms with Crippen molar-refractivity contribution in [3.05, 3.63) is 22.8 Å². The number of alkyl carbamates (subject to hydrolysis) is 1. The summed E-state index contributed by atoms with van der Waals surface area (Å²) in [5, 5.41) is 2.26. The van der Waals surface area contributed by atoms with Crippen LogP contribution in [0.2, 0.25) is 5.02 Å². The molecule has 1 rings (SSSR count). The van der Waals surface area contributed by atoms with Crippen molar-refractivity contribution in [2.75, 3.05) is 6.61 Å². The van der Waals surface area contributed by atoms with Crippen LogP contribution in [0.4, 0.5) is 18.0 Å². The Morgan fingerprint density at radius 2 is 2.00 bits per heavy atom. The number of rotatable bonds is 4. The van der Waals surface area contributed by atoms with E-state index in [1.54, 1.807) is 27.7 Å². The van der Waals surface area contributed by atoms with Gasteiger partial charge in [0.25, 0.3) is 0 Å². The third-order valence-electron chi connectivity index (χ3n) is 2.37. The van der Waals surface area contributed by atoms with Gasteiger partial charge in [0, 0.05) is 6.20 Å². The lowest BCUT2D eigenvalue weighted by Gasteiger charge is -2.22.